The van der Waals surface area contributed by atoms with Crippen LogP contribution in [0.3, 0.4) is 0 Å². The average molecular weight is 240 g/mol. The van der Waals surface area contributed by atoms with E-state index in [0.29, 0.717) is 0 Å². The zero-order valence-corrected chi connectivity index (χ0v) is 8.77. The zero-order valence-electron chi connectivity index (χ0n) is 7.95. The van der Waals surface area contributed by atoms with Crippen molar-refractivity contribution in [3.05, 3.63) is 24.8 Å². The van der Waals surface area contributed by atoms with Crippen LogP contribution in [-0.4, -0.2) is 28.6 Å². The van der Waals surface area contributed by atoms with Crippen molar-refractivity contribution < 1.29 is 8.42 Å². The minimum absolute atomic E-state index is 0.0311. The van der Waals surface area contributed by atoms with Crippen molar-refractivity contribution in [2.24, 2.45) is 0 Å². The normalized spacial score (nSPS) is 11.2. The van der Waals surface area contributed by atoms with Gasteiger partial charge in [-0.2, -0.15) is 5.10 Å². The van der Waals surface area contributed by atoms with Gasteiger partial charge in [0.05, 0.1) is 12.4 Å². The van der Waals surface area contributed by atoms with Crippen LogP contribution in [0.25, 0.3) is 0 Å². The van der Waals surface area contributed by atoms with E-state index in [0.717, 1.165) is 6.20 Å². The molecule has 2 rings (SSSR count). The Bertz CT molecular complexity index is 578. The molecule has 0 atom stereocenters. The van der Waals surface area contributed by atoms with Crippen molar-refractivity contribution in [1.82, 2.24) is 20.2 Å². The molecule has 2 heterocycles. The number of nitrogens with one attached hydrogen (secondary N) is 2. The molecule has 0 aliphatic carbocycles. The number of anilines is 2. The largest absolute Gasteiger partial charge is 0.383 e. The van der Waals surface area contributed by atoms with Crippen molar-refractivity contribution in [3.63, 3.8) is 0 Å². The Morgan fingerprint density at radius 3 is 2.69 bits per heavy atom. The van der Waals surface area contributed by atoms with Crippen LogP contribution in [0.1, 0.15) is 0 Å². The smallest absolute Gasteiger partial charge is 0.268 e. The number of H-pyrrole nitrogens is 1. The van der Waals surface area contributed by atoms with Gasteiger partial charge in [-0.05, 0) is 0 Å². The minimum atomic E-state index is -3.77. The van der Waals surface area contributed by atoms with Crippen LogP contribution in [0.4, 0.5) is 11.6 Å². The number of hydrogen-bond donors (Lipinski definition) is 3. The molecule has 2 aromatic heterocycles. The molecule has 4 N–H and O–H groups in total. The summed E-state index contributed by atoms with van der Waals surface area (Å²) in [5.74, 6) is 0.0829. The molecule has 0 aliphatic heterocycles. The maximum Gasteiger partial charge on any atom is 0.268 e. The summed E-state index contributed by atoms with van der Waals surface area (Å²) in [4.78, 5) is 7.38. The Kier molecular flexibility index (Phi) is 2.44. The molecular weight excluding hydrogens is 232 g/mol. The molecule has 0 bridgehead atoms. The minimum Gasteiger partial charge on any atom is -0.383 e. The topological polar surface area (TPSA) is 127 Å². The van der Waals surface area contributed by atoms with Crippen LogP contribution in [-0.2, 0) is 10.0 Å². The molecule has 0 aromatic carbocycles. The number of sulfonamides is 1. The Morgan fingerprint density at radius 2 is 2.12 bits per heavy atom. The lowest BCUT2D eigenvalue weighted by molar-refractivity contribution is 0.601. The fourth-order valence-corrected chi connectivity index (χ4v) is 2.06. The van der Waals surface area contributed by atoms with Gasteiger partial charge in [-0.25, -0.2) is 13.4 Å². The van der Waals surface area contributed by atoms with E-state index in [1.807, 2.05) is 0 Å². The predicted octanol–water partition coefficient (Wildman–Crippen LogP) is -0.417. The van der Waals surface area contributed by atoms with E-state index in [9.17, 15) is 8.42 Å². The molecule has 8 nitrogen and oxygen atoms in total. The molecule has 0 unspecified atom stereocenters. The third-order valence-corrected chi connectivity index (χ3v) is 3.11. The van der Waals surface area contributed by atoms with Crippen molar-refractivity contribution in [1.29, 1.82) is 0 Å². The summed E-state index contributed by atoms with van der Waals surface area (Å²) in [6.45, 7) is 0. The predicted molar refractivity (Wildman–Crippen MR) is 55.8 cm³/mol. The Balaban J connectivity index is 2.32. The lowest BCUT2D eigenvalue weighted by atomic mass is 10.7. The number of hydrogen-bond acceptors (Lipinski definition) is 6. The third kappa shape index (κ3) is 1.93. The molecule has 16 heavy (non-hydrogen) atoms. The van der Waals surface area contributed by atoms with Crippen molar-refractivity contribution in [3.8, 4) is 0 Å². The van der Waals surface area contributed by atoms with Gasteiger partial charge >= 0.3 is 0 Å². The third-order valence-electron chi connectivity index (χ3n) is 1.72. The highest BCUT2D eigenvalue weighted by Gasteiger charge is 2.19. The fourth-order valence-electron chi connectivity index (χ4n) is 1.04. The van der Waals surface area contributed by atoms with Crippen molar-refractivity contribution in [2.45, 2.75) is 4.90 Å². The number of nitrogen functional groups attached to an aromatic ring is 1. The van der Waals surface area contributed by atoms with E-state index < -0.39 is 10.0 Å². The molecule has 84 valence electrons. The van der Waals surface area contributed by atoms with Crippen LogP contribution >= 0.6 is 0 Å². The first kappa shape index (κ1) is 10.4. The molecular formula is C7H8N6O2S. The summed E-state index contributed by atoms with van der Waals surface area (Å²) in [5.41, 5.74) is 5.41. The summed E-state index contributed by atoms with van der Waals surface area (Å²) in [5, 5.41) is 5.86. The van der Waals surface area contributed by atoms with Gasteiger partial charge in [0.25, 0.3) is 10.0 Å². The van der Waals surface area contributed by atoms with Crippen LogP contribution in [0, 0.1) is 0 Å². The average Bonchev–Trinajstić information content (AvgIpc) is 2.66. The van der Waals surface area contributed by atoms with Crippen LogP contribution in [0.2, 0.25) is 0 Å². The lowest BCUT2D eigenvalue weighted by Gasteiger charge is -2.04. The van der Waals surface area contributed by atoms with E-state index in [-0.39, 0.29) is 16.5 Å². The Hall–Kier alpha value is -2.16. The number of nitrogens with two attached hydrogens (primary N) is 1. The lowest BCUT2D eigenvalue weighted by Crippen LogP contribution is -2.14. The fraction of sp³-hybridized carbons (Fsp3) is 0. The molecule has 9 heteroatoms. The molecule has 0 spiro atoms. The molecule has 0 saturated carbocycles. The molecule has 0 aliphatic rings. The number of aromatic nitrogens is 4. The zero-order chi connectivity index (χ0) is 11.6. The van der Waals surface area contributed by atoms with Gasteiger partial charge in [-0.15, -0.1) is 0 Å². The second-order valence-electron chi connectivity index (χ2n) is 2.84. The standard InChI is InChI=1S/C7H8N6O2S/c8-7-5(3-11-12-7)16(14,15)13-6-4-9-1-2-10-6/h1-4H,(H,10,13)(H3,8,11,12). The summed E-state index contributed by atoms with van der Waals surface area (Å²) < 4.78 is 25.7. The van der Waals surface area contributed by atoms with Gasteiger partial charge in [-0.1, -0.05) is 0 Å². The van der Waals surface area contributed by atoms with Crippen molar-refractivity contribution in [2.75, 3.05) is 10.5 Å². The van der Waals surface area contributed by atoms with Crippen LogP contribution in [0.5, 0.6) is 0 Å². The summed E-state index contributed by atoms with van der Waals surface area (Å²) in [7, 11) is -3.77. The molecule has 0 saturated heterocycles. The highest BCUT2D eigenvalue weighted by Crippen LogP contribution is 2.16. The van der Waals surface area contributed by atoms with Gasteiger partial charge in [0.2, 0.25) is 0 Å². The van der Waals surface area contributed by atoms with E-state index >= 15 is 0 Å². The first-order valence-corrected chi connectivity index (χ1v) is 5.65. The number of aromatic amines is 1. The van der Waals surface area contributed by atoms with E-state index in [2.05, 4.69) is 24.9 Å². The highest BCUT2D eigenvalue weighted by molar-refractivity contribution is 7.92. The summed E-state index contributed by atoms with van der Waals surface area (Å²) in [6.07, 6.45) is 5.21. The second kappa shape index (κ2) is 3.77. The first-order valence-electron chi connectivity index (χ1n) is 4.17. The van der Waals surface area contributed by atoms with E-state index in [1.54, 1.807) is 0 Å². The molecule has 2 aromatic rings. The molecule has 0 radical (unpaired) electrons. The summed E-state index contributed by atoms with van der Waals surface area (Å²) in [6, 6.07) is 0. The Morgan fingerprint density at radius 1 is 1.31 bits per heavy atom. The van der Waals surface area contributed by atoms with Crippen LogP contribution in [0.15, 0.2) is 29.7 Å². The van der Waals surface area contributed by atoms with Gasteiger partial charge in [0.15, 0.2) is 5.82 Å². The van der Waals surface area contributed by atoms with E-state index in [4.69, 9.17) is 5.73 Å². The van der Waals surface area contributed by atoms with Gasteiger partial charge < -0.3 is 5.73 Å². The van der Waals surface area contributed by atoms with Gasteiger partial charge in [0, 0.05) is 12.4 Å². The van der Waals surface area contributed by atoms with Crippen LogP contribution < -0.4 is 10.5 Å². The SMILES string of the molecule is Nc1[nH]ncc1S(=O)(=O)Nc1cnccn1. The molecule has 0 fully saturated rings. The second-order valence-corrected chi connectivity index (χ2v) is 4.49. The van der Waals surface area contributed by atoms with Crippen molar-refractivity contribution >= 4 is 21.7 Å². The van der Waals surface area contributed by atoms with Gasteiger partial charge in [0.1, 0.15) is 10.7 Å². The number of nitrogens with zero attached hydrogens (tertiary/aromatic N) is 3. The van der Waals surface area contributed by atoms with Gasteiger partial charge in [-0.3, -0.25) is 14.8 Å². The van der Waals surface area contributed by atoms with E-state index in [1.165, 1.54) is 18.6 Å². The maximum absolute atomic E-state index is 11.8. The monoisotopic (exact) mass is 240 g/mol. The summed E-state index contributed by atoms with van der Waals surface area (Å²) >= 11 is 0. The quantitative estimate of drug-likeness (QED) is 0.668. The number of rotatable bonds is 3. The maximum atomic E-state index is 11.8. The highest BCUT2D eigenvalue weighted by atomic mass is 32.2. The Labute approximate surface area is 91.0 Å². The first-order chi connectivity index (χ1) is 7.59. The molecule has 0 amide bonds.